The zero-order valence-corrected chi connectivity index (χ0v) is 13.7. The average Bonchev–Trinajstić information content (AvgIpc) is 2.51. The number of carbonyl (C=O) groups is 1. The fourth-order valence-corrected chi connectivity index (χ4v) is 2.46. The Hall–Kier alpha value is -1.22. The van der Waals surface area contributed by atoms with Gasteiger partial charge in [-0.25, -0.2) is 0 Å². The molecule has 0 unspecified atom stereocenters. The Labute approximate surface area is 129 Å². The zero-order valence-electron chi connectivity index (χ0n) is 13.7. The number of Topliss-reactive ketones (excluding diaryl/α,β-unsaturated/α-hetero) is 1. The lowest BCUT2D eigenvalue weighted by atomic mass is 10.1. The molecule has 0 fully saturated rings. The second-order valence-corrected chi connectivity index (χ2v) is 5.84. The van der Waals surface area contributed by atoms with Crippen molar-refractivity contribution in [3.8, 4) is 0 Å². The Morgan fingerprint density at radius 2 is 1.81 bits per heavy atom. The molecule has 3 heteroatoms. The number of ketones is 1. The van der Waals surface area contributed by atoms with Crippen molar-refractivity contribution >= 4 is 5.78 Å². The van der Waals surface area contributed by atoms with E-state index in [1.807, 2.05) is 12.1 Å². The SMILES string of the molecule is CCCCCCCCN(C)CCCC(=O)c1cccnc1. The summed E-state index contributed by atoms with van der Waals surface area (Å²) in [5.41, 5.74) is 0.732. The highest BCUT2D eigenvalue weighted by molar-refractivity contribution is 5.95. The molecule has 0 aromatic carbocycles. The number of carbonyl (C=O) groups excluding carboxylic acids is 1. The number of pyridine rings is 1. The minimum absolute atomic E-state index is 0.205. The first-order chi connectivity index (χ1) is 10.2. The molecular weight excluding hydrogens is 260 g/mol. The van der Waals surface area contributed by atoms with E-state index in [2.05, 4.69) is 23.9 Å². The first kappa shape index (κ1) is 17.8. The van der Waals surface area contributed by atoms with Crippen LogP contribution in [0.15, 0.2) is 24.5 Å². The molecule has 118 valence electrons. The molecule has 0 radical (unpaired) electrons. The highest BCUT2D eigenvalue weighted by Crippen LogP contribution is 2.07. The zero-order chi connectivity index (χ0) is 15.3. The van der Waals surface area contributed by atoms with Crippen LogP contribution >= 0.6 is 0 Å². The lowest BCUT2D eigenvalue weighted by Gasteiger charge is -2.16. The van der Waals surface area contributed by atoms with Crippen LogP contribution in [0.4, 0.5) is 0 Å². The molecule has 21 heavy (non-hydrogen) atoms. The largest absolute Gasteiger partial charge is 0.306 e. The van der Waals surface area contributed by atoms with Crippen molar-refractivity contribution in [2.45, 2.75) is 58.3 Å². The Balaban J connectivity index is 2.03. The van der Waals surface area contributed by atoms with E-state index in [-0.39, 0.29) is 5.78 Å². The van der Waals surface area contributed by atoms with Crippen LogP contribution in [0.5, 0.6) is 0 Å². The van der Waals surface area contributed by atoms with Gasteiger partial charge in [0.2, 0.25) is 0 Å². The van der Waals surface area contributed by atoms with Gasteiger partial charge in [-0.15, -0.1) is 0 Å². The lowest BCUT2D eigenvalue weighted by molar-refractivity contribution is 0.0976. The number of aromatic nitrogens is 1. The highest BCUT2D eigenvalue weighted by Gasteiger charge is 2.06. The van der Waals surface area contributed by atoms with Crippen LogP contribution in [0.2, 0.25) is 0 Å². The summed E-state index contributed by atoms with van der Waals surface area (Å²) in [5, 5.41) is 0. The van der Waals surface area contributed by atoms with Crippen LogP contribution in [0.25, 0.3) is 0 Å². The van der Waals surface area contributed by atoms with E-state index in [1.165, 1.54) is 38.5 Å². The highest BCUT2D eigenvalue weighted by atomic mass is 16.1. The molecular formula is C18H30N2O. The number of hydrogen-bond acceptors (Lipinski definition) is 3. The van der Waals surface area contributed by atoms with Gasteiger partial charge in [0.25, 0.3) is 0 Å². The average molecular weight is 290 g/mol. The van der Waals surface area contributed by atoms with Gasteiger partial charge >= 0.3 is 0 Å². The summed E-state index contributed by atoms with van der Waals surface area (Å²) in [4.78, 5) is 18.3. The van der Waals surface area contributed by atoms with Gasteiger partial charge in [-0.3, -0.25) is 9.78 Å². The molecule has 0 spiro atoms. The maximum Gasteiger partial charge on any atom is 0.164 e. The van der Waals surface area contributed by atoms with Crippen LogP contribution in [0, 0.1) is 0 Å². The molecule has 1 aromatic heterocycles. The molecule has 3 nitrogen and oxygen atoms in total. The minimum Gasteiger partial charge on any atom is -0.306 e. The monoisotopic (exact) mass is 290 g/mol. The van der Waals surface area contributed by atoms with E-state index in [1.54, 1.807) is 12.4 Å². The summed E-state index contributed by atoms with van der Waals surface area (Å²) in [5.74, 6) is 0.205. The number of unbranched alkanes of at least 4 members (excludes halogenated alkanes) is 5. The summed E-state index contributed by atoms with van der Waals surface area (Å²) >= 11 is 0. The summed E-state index contributed by atoms with van der Waals surface area (Å²) in [6.45, 7) is 4.40. The number of hydrogen-bond donors (Lipinski definition) is 0. The second-order valence-electron chi connectivity index (χ2n) is 5.84. The van der Waals surface area contributed by atoms with E-state index >= 15 is 0 Å². The summed E-state index contributed by atoms with van der Waals surface area (Å²) in [6.07, 6.45) is 12.9. The second kappa shape index (κ2) is 11.4. The van der Waals surface area contributed by atoms with Gasteiger partial charge in [-0.2, -0.15) is 0 Å². The molecule has 0 N–H and O–H groups in total. The first-order valence-corrected chi connectivity index (χ1v) is 8.35. The van der Waals surface area contributed by atoms with Gasteiger partial charge in [0.15, 0.2) is 5.78 Å². The molecule has 0 atom stereocenters. The van der Waals surface area contributed by atoms with Crippen molar-refractivity contribution in [2.24, 2.45) is 0 Å². The third-order valence-electron chi connectivity index (χ3n) is 3.82. The van der Waals surface area contributed by atoms with Crippen molar-refractivity contribution in [2.75, 3.05) is 20.1 Å². The maximum absolute atomic E-state index is 11.9. The fourth-order valence-electron chi connectivity index (χ4n) is 2.46. The van der Waals surface area contributed by atoms with Crippen LogP contribution in [-0.4, -0.2) is 35.8 Å². The summed E-state index contributed by atoms with van der Waals surface area (Å²) in [7, 11) is 2.15. The molecule has 1 aromatic rings. The molecule has 0 saturated carbocycles. The van der Waals surface area contributed by atoms with Crippen molar-refractivity contribution in [3.05, 3.63) is 30.1 Å². The first-order valence-electron chi connectivity index (χ1n) is 8.35. The van der Waals surface area contributed by atoms with Crippen molar-refractivity contribution < 1.29 is 4.79 Å². The quantitative estimate of drug-likeness (QED) is 0.424. The van der Waals surface area contributed by atoms with Crippen molar-refractivity contribution in [1.29, 1.82) is 0 Å². The predicted octanol–water partition coefficient (Wildman–Crippen LogP) is 4.34. The Bertz CT molecular complexity index is 378. The molecule has 0 aliphatic carbocycles. The molecule has 0 bridgehead atoms. The molecule has 0 aliphatic rings. The van der Waals surface area contributed by atoms with Crippen LogP contribution in [-0.2, 0) is 0 Å². The predicted molar refractivity (Wildman–Crippen MR) is 88.7 cm³/mol. The van der Waals surface area contributed by atoms with E-state index in [0.29, 0.717) is 6.42 Å². The number of nitrogens with zero attached hydrogens (tertiary/aromatic N) is 2. The van der Waals surface area contributed by atoms with Gasteiger partial charge in [0.05, 0.1) is 0 Å². The van der Waals surface area contributed by atoms with Gasteiger partial charge < -0.3 is 4.90 Å². The normalized spacial score (nSPS) is 11.0. The minimum atomic E-state index is 0.205. The van der Waals surface area contributed by atoms with Crippen molar-refractivity contribution in [1.82, 2.24) is 9.88 Å². The third-order valence-corrected chi connectivity index (χ3v) is 3.82. The topological polar surface area (TPSA) is 33.2 Å². The van der Waals surface area contributed by atoms with Gasteiger partial charge in [0, 0.05) is 24.4 Å². The summed E-state index contributed by atoms with van der Waals surface area (Å²) in [6, 6.07) is 3.66. The fraction of sp³-hybridized carbons (Fsp3) is 0.667. The van der Waals surface area contributed by atoms with E-state index < -0.39 is 0 Å². The Morgan fingerprint density at radius 1 is 1.10 bits per heavy atom. The maximum atomic E-state index is 11.9. The molecule has 1 rings (SSSR count). The van der Waals surface area contributed by atoms with Crippen LogP contribution < -0.4 is 0 Å². The van der Waals surface area contributed by atoms with E-state index in [4.69, 9.17) is 0 Å². The van der Waals surface area contributed by atoms with Gasteiger partial charge in [-0.05, 0) is 45.1 Å². The van der Waals surface area contributed by atoms with E-state index in [9.17, 15) is 4.79 Å². The Morgan fingerprint density at radius 3 is 2.52 bits per heavy atom. The Kier molecular flexibility index (Phi) is 9.71. The molecule has 1 heterocycles. The molecule has 0 aliphatic heterocycles. The molecule has 0 saturated heterocycles. The molecule has 0 amide bonds. The van der Waals surface area contributed by atoms with E-state index in [0.717, 1.165) is 25.1 Å². The smallest absolute Gasteiger partial charge is 0.164 e. The van der Waals surface area contributed by atoms with Crippen molar-refractivity contribution in [3.63, 3.8) is 0 Å². The standard InChI is InChI=1S/C18H30N2O/c1-3-4-5-6-7-8-14-20(2)15-10-12-18(21)17-11-9-13-19-16-17/h9,11,13,16H,3-8,10,12,14-15H2,1-2H3. The van der Waals surface area contributed by atoms with Gasteiger partial charge in [-0.1, -0.05) is 39.0 Å². The number of rotatable bonds is 12. The van der Waals surface area contributed by atoms with Crippen LogP contribution in [0.1, 0.15) is 68.6 Å². The third kappa shape index (κ3) is 8.61. The van der Waals surface area contributed by atoms with Gasteiger partial charge in [0.1, 0.15) is 0 Å². The lowest BCUT2D eigenvalue weighted by Crippen LogP contribution is -2.21. The van der Waals surface area contributed by atoms with Crippen LogP contribution in [0.3, 0.4) is 0 Å². The summed E-state index contributed by atoms with van der Waals surface area (Å²) < 4.78 is 0.